The van der Waals surface area contributed by atoms with E-state index in [0.717, 1.165) is 43.1 Å². The minimum absolute atomic E-state index is 0.117. The summed E-state index contributed by atoms with van der Waals surface area (Å²) in [6, 6.07) is 13.3. The molecule has 0 N–H and O–H groups in total. The Kier molecular flexibility index (Phi) is 7.22. The van der Waals surface area contributed by atoms with Gasteiger partial charge in [-0.3, -0.25) is 4.79 Å². The molecule has 1 saturated heterocycles. The SMILES string of the molecule is COc1ccc(N2CCCN(C(=O)CCc3ncc(-c4ccc(Cl)cc4Cl)o3)CC2)cc1. The van der Waals surface area contributed by atoms with Gasteiger partial charge in [-0.1, -0.05) is 23.2 Å². The topological polar surface area (TPSA) is 58.8 Å². The van der Waals surface area contributed by atoms with Crippen LogP contribution >= 0.6 is 23.2 Å². The lowest BCUT2D eigenvalue weighted by atomic mass is 10.2. The molecule has 1 amide bonds. The first-order valence-corrected chi connectivity index (χ1v) is 11.4. The Bertz CT molecular complexity index is 1070. The van der Waals surface area contributed by atoms with E-state index in [1.165, 1.54) is 0 Å². The predicted molar refractivity (Wildman–Crippen MR) is 127 cm³/mol. The van der Waals surface area contributed by atoms with Crippen molar-refractivity contribution in [2.45, 2.75) is 19.3 Å². The number of anilines is 1. The van der Waals surface area contributed by atoms with Crippen molar-refractivity contribution in [3.8, 4) is 17.1 Å². The number of carbonyl (C=O) groups is 1. The monoisotopic (exact) mass is 473 g/mol. The number of hydrogen-bond acceptors (Lipinski definition) is 5. The fourth-order valence-corrected chi connectivity index (χ4v) is 4.33. The van der Waals surface area contributed by atoms with Crippen LogP contribution < -0.4 is 9.64 Å². The van der Waals surface area contributed by atoms with Crippen LogP contribution in [-0.4, -0.2) is 49.1 Å². The molecule has 168 valence electrons. The van der Waals surface area contributed by atoms with Crippen molar-refractivity contribution in [1.29, 1.82) is 0 Å². The van der Waals surface area contributed by atoms with Gasteiger partial charge in [0.2, 0.25) is 5.91 Å². The zero-order valence-corrected chi connectivity index (χ0v) is 19.4. The molecular weight excluding hydrogens is 449 g/mol. The van der Waals surface area contributed by atoms with Gasteiger partial charge in [0.1, 0.15) is 5.75 Å². The zero-order chi connectivity index (χ0) is 22.5. The van der Waals surface area contributed by atoms with Gasteiger partial charge in [0, 0.05) is 55.3 Å². The van der Waals surface area contributed by atoms with E-state index in [-0.39, 0.29) is 5.91 Å². The largest absolute Gasteiger partial charge is 0.497 e. The highest BCUT2D eigenvalue weighted by atomic mass is 35.5. The highest BCUT2D eigenvalue weighted by Crippen LogP contribution is 2.31. The number of ether oxygens (including phenoxy) is 1. The summed E-state index contributed by atoms with van der Waals surface area (Å²) in [6.45, 7) is 3.17. The Morgan fingerprint density at radius 3 is 2.66 bits per heavy atom. The second kappa shape index (κ2) is 10.3. The molecule has 32 heavy (non-hydrogen) atoms. The first-order valence-electron chi connectivity index (χ1n) is 10.6. The Morgan fingerprint density at radius 2 is 1.91 bits per heavy atom. The van der Waals surface area contributed by atoms with Gasteiger partial charge >= 0.3 is 0 Å². The number of oxazole rings is 1. The molecule has 0 spiro atoms. The van der Waals surface area contributed by atoms with Crippen LogP contribution in [0.1, 0.15) is 18.7 Å². The van der Waals surface area contributed by atoms with E-state index in [1.807, 2.05) is 17.0 Å². The quantitative estimate of drug-likeness (QED) is 0.484. The van der Waals surface area contributed by atoms with Gasteiger partial charge in [-0.15, -0.1) is 0 Å². The summed E-state index contributed by atoms with van der Waals surface area (Å²) in [5.41, 5.74) is 1.88. The summed E-state index contributed by atoms with van der Waals surface area (Å²) >= 11 is 12.2. The van der Waals surface area contributed by atoms with Crippen molar-refractivity contribution in [1.82, 2.24) is 9.88 Å². The maximum atomic E-state index is 12.8. The molecule has 1 aliphatic heterocycles. The molecule has 0 aliphatic carbocycles. The Labute approximate surface area is 197 Å². The van der Waals surface area contributed by atoms with E-state index in [4.69, 9.17) is 32.4 Å². The van der Waals surface area contributed by atoms with Gasteiger partial charge in [0.15, 0.2) is 11.7 Å². The number of halogens is 2. The van der Waals surface area contributed by atoms with Gasteiger partial charge in [-0.05, 0) is 48.9 Å². The molecule has 0 unspecified atom stereocenters. The maximum Gasteiger partial charge on any atom is 0.223 e. The number of aromatic nitrogens is 1. The van der Waals surface area contributed by atoms with Crippen LogP contribution in [0, 0.1) is 0 Å². The lowest BCUT2D eigenvalue weighted by Crippen LogP contribution is -2.35. The molecule has 2 heterocycles. The lowest BCUT2D eigenvalue weighted by molar-refractivity contribution is -0.131. The van der Waals surface area contributed by atoms with Crippen molar-refractivity contribution >= 4 is 34.8 Å². The second-order valence-electron chi connectivity index (χ2n) is 7.66. The van der Waals surface area contributed by atoms with Crippen molar-refractivity contribution in [2.75, 3.05) is 38.2 Å². The Hall–Kier alpha value is -2.70. The number of rotatable bonds is 6. The highest BCUT2D eigenvalue weighted by molar-refractivity contribution is 6.36. The number of methoxy groups -OCH3 is 1. The Morgan fingerprint density at radius 1 is 1.09 bits per heavy atom. The van der Waals surface area contributed by atoms with Crippen molar-refractivity contribution in [3.63, 3.8) is 0 Å². The molecule has 4 rings (SSSR count). The van der Waals surface area contributed by atoms with E-state index in [0.29, 0.717) is 41.1 Å². The second-order valence-corrected chi connectivity index (χ2v) is 8.51. The van der Waals surface area contributed by atoms with Gasteiger partial charge in [-0.2, -0.15) is 0 Å². The van der Waals surface area contributed by atoms with E-state index in [2.05, 4.69) is 22.0 Å². The first-order chi connectivity index (χ1) is 15.5. The summed E-state index contributed by atoms with van der Waals surface area (Å²) < 4.78 is 11.1. The number of benzene rings is 2. The lowest BCUT2D eigenvalue weighted by Gasteiger charge is -2.24. The van der Waals surface area contributed by atoms with E-state index in [9.17, 15) is 4.79 Å². The third-order valence-corrected chi connectivity index (χ3v) is 6.14. The normalized spacial score (nSPS) is 14.3. The molecule has 3 aromatic rings. The molecular formula is C24H25Cl2N3O3. The molecule has 6 nitrogen and oxygen atoms in total. The fourth-order valence-electron chi connectivity index (χ4n) is 3.83. The third-order valence-electron chi connectivity index (χ3n) is 5.59. The van der Waals surface area contributed by atoms with Crippen molar-refractivity contribution < 1.29 is 13.9 Å². The average Bonchev–Trinajstić information content (AvgIpc) is 3.12. The van der Waals surface area contributed by atoms with E-state index < -0.39 is 0 Å². The molecule has 2 aromatic carbocycles. The van der Waals surface area contributed by atoms with Crippen LogP contribution in [-0.2, 0) is 11.2 Å². The number of aryl methyl sites for hydroxylation is 1. The van der Waals surface area contributed by atoms with Crippen LogP contribution in [0.3, 0.4) is 0 Å². The zero-order valence-electron chi connectivity index (χ0n) is 17.9. The third kappa shape index (κ3) is 5.37. The Balaban J connectivity index is 1.31. The number of carbonyl (C=O) groups excluding carboxylic acids is 1. The molecule has 0 atom stereocenters. The smallest absolute Gasteiger partial charge is 0.223 e. The van der Waals surface area contributed by atoms with Crippen LogP contribution in [0.2, 0.25) is 10.0 Å². The van der Waals surface area contributed by atoms with Gasteiger partial charge in [-0.25, -0.2) is 4.98 Å². The van der Waals surface area contributed by atoms with E-state index >= 15 is 0 Å². The summed E-state index contributed by atoms with van der Waals surface area (Å²) in [4.78, 5) is 21.4. The minimum Gasteiger partial charge on any atom is -0.497 e. The summed E-state index contributed by atoms with van der Waals surface area (Å²) in [7, 11) is 1.66. The van der Waals surface area contributed by atoms with Crippen LogP contribution in [0.5, 0.6) is 5.75 Å². The molecule has 8 heteroatoms. The number of hydrogen-bond donors (Lipinski definition) is 0. The molecule has 1 aliphatic rings. The van der Waals surface area contributed by atoms with Gasteiger partial charge in [0.25, 0.3) is 0 Å². The summed E-state index contributed by atoms with van der Waals surface area (Å²) in [6.07, 6.45) is 3.36. The average molecular weight is 474 g/mol. The standard InChI is InChI=1S/C24H25Cl2N3O3/c1-31-19-6-4-18(5-7-19)28-11-2-12-29(14-13-28)24(30)10-9-23-27-16-22(32-23)20-8-3-17(25)15-21(20)26/h3-8,15-16H,2,9-14H2,1H3. The molecule has 0 radical (unpaired) electrons. The van der Waals surface area contributed by atoms with Crippen molar-refractivity contribution in [3.05, 3.63) is 64.6 Å². The predicted octanol–water partition coefficient (Wildman–Crippen LogP) is 5.33. The molecule has 1 fully saturated rings. The first kappa shape index (κ1) is 22.5. The van der Waals surface area contributed by atoms with Crippen molar-refractivity contribution in [2.24, 2.45) is 0 Å². The van der Waals surface area contributed by atoms with Crippen LogP contribution in [0.15, 0.2) is 53.1 Å². The maximum absolute atomic E-state index is 12.8. The van der Waals surface area contributed by atoms with Gasteiger partial charge in [0.05, 0.1) is 18.3 Å². The summed E-state index contributed by atoms with van der Waals surface area (Å²) in [5, 5.41) is 1.06. The minimum atomic E-state index is 0.117. The molecule has 0 saturated carbocycles. The fraction of sp³-hybridized carbons (Fsp3) is 0.333. The number of nitrogens with zero attached hydrogens (tertiary/aromatic N) is 3. The molecule has 0 bridgehead atoms. The van der Waals surface area contributed by atoms with Gasteiger partial charge < -0.3 is 19.0 Å². The van der Waals surface area contributed by atoms with Crippen LogP contribution in [0.25, 0.3) is 11.3 Å². The number of amides is 1. The van der Waals surface area contributed by atoms with E-state index in [1.54, 1.807) is 31.5 Å². The highest BCUT2D eigenvalue weighted by Gasteiger charge is 2.20. The van der Waals surface area contributed by atoms with Crippen LogP contribution in [0.4, 0.5) is 5.69 Å². The summed E-state index contributed by atoms with van der Waals surface area (Å²) in [5.74, 6) is 2.05. The molecule has 1 aromatic heterocycles.